The van der Waals surface area contributed by atoms with E-state index in [1.54, 1.807) is 20.9 Å². The SMILES string of the molecule is CNC(Cc1ncnn1CC(C)C)C(C)(C)S(C)(=O)=O. The number of nitrogens with one attached hydrogen (secondary N) is 1. The van der Waals surface area contributed by atoms with Crippen LogP contribution in [0.25, 0.3) is 0 Å². The molecular weight excluding hydrogens is 276 g/mol. The maximum Gasteiger partial charge on any atom is 0.154 e. The lowest BCUT2D eigenvalue weighted by molar-refractivity contribution is 0.403. The summed E-state index contributed by atoms with van der Waals surface area (Å²) >= 11 is 0. The smallest absolute Gasteiger partial charge is 0.154 e. The predicted molar refractivity (Wildman–Crippen MR) is 80.3 cm³/mol. The molecule has 0 radical (unpaired) electrons. The second-order valence-electron chi connectivity index (χ2n) is 6.17. The number of hydrogen-bond donors (Lipinski definition) is 1. The Bertz CT molecular complexity index is 534. The summed E-state index contributed by atoms with van der Waals surface area (Å²) in [5.74, 6) is 1.28. The number of sulfone groups is 1. The normalized spacial score (nSPS) is 14.8. The van der Waals surface area contributed by atoms with Crippen LogP contribution >= 0.6 is 0 Å². The molecule has 0 spiro atoms. The Balaban J connectivity index is 2.98. The number of nitrogens with zero attached hydrogens (tertiary/aromatic N) is 3. The third-order valence-corrected chi connectivity index (χ3v) is 5.96. The Labute approximate surface area is 121 Å². The number of likely N-dealkylation sites (N-methyl/N-ethyl adjacent to an activating group) is 1. The van der Waals surface area contributed by atoms with Gasteiger partial charge in [-0.3, -0.25) is 0 Å². The number of aromatic nitrogens is 3. The van der Waals surface area contributed by atoms with Gasteiger partial charge in [-0.1, -0.05) is 13.8 Å². The summed E-state index contributed by atoms with van der Waals surface area (Å²) in [6.45, 7) is 8.49. The Kier molecular flexibility index (Phi) is 5.32. The van der Waals surface area contributed by atoms with Crippen LogP contribution in [0.3, 0.4) is 0 Å². The molecule has 0 amide bonds. The Morgan fingerprint density at radius 2 is 2.00 bits per heavy atom. The maximum atomic E-state index is 12.0. The van der Waals surface area contributed by atoms with Gasteiger partial charge in [0.25, 0.3) is 0 Å². The highest BCUT2D eigenvalue weighted by Gasteiger charge is 2.38. The lowest BCUT2D eigenvalue weighted by Gasteiger charge is -2.32. The van der Waals surface area contributed by atoms with E-state index in [1.807, 2.05) is 4.68 Å². The number of rotatable bonds is 7. The van der Waals surface area contributed by atoms with Crippen LogP contribution in [-0.2, 0) is 22.8 Å². The monoisotopic (exact) mass is 302 g/mol. The lowest BCUT2D eigenvalue weighted by Crippen LogP contribution is -2.51. The minimum atomic E-state index is -3.17. The van der Waals surface area contributed by atoms with E-state index in [-0.39, 0.29) is 6.04 Å². The molecule has 0 saturated heterocycles. The third kappa shape index (κ3) is 3.79. The first-order valence-electron chi connectivity index (χ1n) is 6.83. The van der Waals surface area contributed by atoms with Gasteiger partial charge in [0.1, 0.15) is 12.2 Å². The van der Waals surface area contributed by atoms with Gasteiger partial charge in [-0.15, -0.1) is 0 Å². The van der Waals surface area contributed by atoms with E-state index in [9.17, 15) is 8.42 Å². The second-order valence-corrected chi connectivity index (χ2v) is 8.77. The molecule has 1 rings (SSSR count). The minimum Gasteiger partial charge on any atom is -0.315 e. The Hall–Kier alpha value is -0.950. The van der Waals surface area contributed by atoms with Crippen molar-refractivity contribution < 1.29 is 8.42 Å². The fourth-order valence-corrected chi connectivity index (χ4v) is 2.80. The number of hydrogen-bond acceptors (Lipinski definition) is 5. The van der Waals surface area contributed by atoms with Crippen LogP contribution in [-0.4, -0.2) is 47.3 Å². The van der Waals surface area contributed by atoms with E-state index in [1.165, 1.54) is 12.6 Å². The Morgan fingerprint density at radius 3 is 2.45 bits per heavy atom. The minimum absolute atomic E-state index is 0.215. The van der Waals surface area contributed by atoms with Gasteiger partial charge in [-0.25, -0.2) is 18.1 Å². The maximum absolute atomic E-state index is 12.0. The van der Waals surface area contributed by atoms with E-state index < -0.39 is 14.6 Å². The van der Waals surface area contributed by atoms with E-state index in [0.29, 0.717) is 12.3 Å². The highest BCUT2D eigenvalue weighted by Crippen LogP contribution is 2.22. The lowest BCUT2D eigenvalue weighted by atomic mass is 9.99. The molecule has 1 atom stereocenters. The first-order chi connectivity index (χ1) is 9.09. The van der Waals surface area contributed by atoms with Crippen LogP contribution in [0.2, 0.25) is 0 Å². The largest absolute Gasteiger partial charge is 0.315 e. The fourth-order valence-electron chi connectivity index (χ4n) is 2.08. The van der Waals surface area contributed by atoms with E-state index in [2.05, 4.69) is 29.2 Å². The first kappa shape index (κ1) is 17.1. The summed E-state index contributed by atoms with van der Waals surface area (Å²) in [6.07, 6.45) is 3.33. The molecule has 0 aliphatic rings. The van der Waals surface area contributed by atoms with E-state index >= 15 is 0 Å². The van der Waals surface area contributed by atoms with Crippen molar-refractivity contribution in [2.24, 2.45) is 5.92 Å². The molecule has 7 heteroatoms. The van der Waals surface area contributed by atoms with Crippen molar-refractivity contribution in [2.45, 2.75) is 51.4 Å². The molecule has 1 heterocycles. The van der Waals surface area contributed by atoms with Crippen molar-refractivity contribution in [1.82, 2.24) is 20.1 Å². The van der Waals surface area contributed by atoms with Crippen LogP contribution in [0, 0.1) is 5.92 Å². The summed E-state index contributed by atoms with van der Waals surface area (Å²) in [5.41, 5.74) is 0. The molecule has 1 N–H and O–H groups in total. The highest BCUT2D eigenvalue weighted by atomic mass is 32.2. The zero-order valence-electron chi connectivity index (χ0n) is 13.2. The zero-order valence-corrected chi connectivity index (χ0v) is 14.0. The van der Waals surface area contributed by atoms with Crippen LogP contribution < -0.4 is 5.32 Å². The molecule has 0 aliphatic carbocycles. The zero-order chi connectivity index (χ0) is 15.6. The second kappa shape index (κ2) is 6.22. The van der Waals surface area contributed by atoms with Gasteiger partial charge in [-0.05, 0) is 26.8 Å². The third-order valence-electron chi connectivity index (χ3n) is 3.76. The van der Waals surface area contributed by atoms with Gasteiger partial charge in [0.15, 0.2) is 9.84 Å². The molecule has 6 nitrogen and oxygen atoms in total. The average molecular weight is 302 g/mol. The molecule has 20 heavy (non-hydrogen) atoms. The average Bonchev–Trinajstić information content (AvgIpc) is 2.70. The van der Waals surface area contributed by atoms with Gasteiger partial charge in [0.2, 0.25) is 0 Å². The molecule has 1 aromatic rings. The van der Waals surface area contributed by atoms with Crippen LogP contribution in [0.15, 0.2) is 6.33 Å². The van der Waals surface area contributed by atoms with Crippen molar-refractivity contribution in [2.75, 3.05) is 13.3 Å². The van der Waals surface area contributed by atoms with Gasteiger partial charge in [0, 0.05) is 25.3 Å². The summed E-state index contributed by atoms with van der Waals surface area (Å²) < 4.78 is 24.9. The van der Waals surface area contributed by atoms with Gasteiger partial charge >= 0.3 is 0 Å². The molecule has 0 aromatic carbocycles. The standard InChI is InChI=1S/C13H26N4O2S/c1-10(2)8-17-12(15-9-16-17)7-11(14-5)13(3,4)20(6,18)19/h9-11,14H,7-8H2,1-6H3. The molecule has 1 unspecified atom stereocenters. The first-order valence-corrected chi connectivity index (χ1v) is 8.72. The molecule has 116 valence electrons. The van der Waals surface area contributed by atoms with Crippen LogP contribution in [0.1, 0.15) is 33.5 Å². The van der Waals surface area contributed by atoms with E-state index in [4.69, 9.17) is 0 Å². The summed E-state index contributed by atoms with van der Waals surface area (Å²) in [6, 6.07) is -0.215. The van der Waals surface area contributed by atoms with Crippen LogP contribution in [0.4, 0.5) is 0 Å². The molecular formula is C13H26N4O2S. The topological polar surface area (TPSA) is 76.9 Å². The van der Waals surface area contributed by atoms with Gasteiger partial charge in [-0.2, -0.15) is 5.10 Å². The van der Waals surface area contributed by atoms with Gasteiger partial charge in [0.05, 0.1) is 4.75 Å². The molecule has 0 saturated carbocycles. The van der Waals surface area contributed by atoms with Crippen molar-refractivity contribution in [3.8, 4) is 0 Å². The molecule has 0 aliphatic heterocycles. The van der Waals surface area contributed by atoms with Crippen LogP contribution in [0.5, 0.6) is 0 Å². The quantitative estimate of drug-likeness (QED) is 0.809. The van der Waals surface area contributed by atoms with Crippen molar-refractivity contribution in [3.05, 3.63) is 12.2 Å². The highest BCUT2D eigenvalue weighted by molar-refractivity contribution is 7.92. The van der Waals surface area contributed by atoms with Gasteiger partial charge < -0.3 is 5.32 Å². The van der Waals surface area contributed by atoms with Crippen molar-refractivity contribution in [3.63, 3.8) is 0 Å². The summed E-state index contributed by atoms with van der Waals surface area (Å²) in [5, 5.41) is 7.32. The molecule has 0 bridgehead atoms. The van der Waals surface area contributed by atoms with Crippen molar-refractivity contribution in [1.29, 1.82) is 0 Å². The summed E-state index contributed by atoms with van der Waals surface area (Å²) in [4.78, 5) is 4.27. The van der Waals surface area contributed by atoms with Crippen molar-refractivity contribution >= 4 is 9.84 Å². The fraction of sp³-hybridized carbons (Fsp3) is 0.846. The van der Waals surface area contributed by atoms with E-state index in [0.717, 1.165) is 12.4 Å². The molecule has 1 aromatic heterocycles. The summed E-state index contributed by atoms with van der Waals surface area (Å²) in [7, 11) is -1.39. The predicted octanol–water partition coefficient (Wildman–Crippen LogP) is 0.888. The molecule has 0 fully saturated rings. The Morgan fingerprint density at radius 1 is 1.40 bits per heavy atom.